The molecule has 1 saturated heterocycles. The number of fused-ring (bicyclic) bond motifs is 1. The largest absolute Gasteiger partial charge is 0.295 e. The highest BCUT2D eigenvalue weighted by Crippen LogP contribution is 2.43. The monoisotopic (exact) mass is 441 g/mol. The maximum atomic E-state index is 4.78. The van der Waals surface area contributed by atoms with Gasteiger partial charge in [-0.05, 0) is 118 Å². The molecule has 1 aromatic carbocycles. The number of aryl methyl sites for hydroxylation is 2. The fourth-order valence-electron chi connectivity index (χ4n) is 6.65. The van der Waals surface area contributed by atoms with Crippen LogP contribution in [0, 0.1) is 18.8 Å². The Kier molecular flexibility index (Phi) is 6.78. The van der Waals surface area contributed by atoms with E-state index in [1.807, 2.05) is 12.4 Å². The predicted octanol–water partition coefficient (Wildman–Crippen LogP) is 7.25. The molecule has 2 aromatic heterocycles. The summed E-state index contributed by atoms with van der Waals surface area (Å²) in [4.78, 5) is 12.2. The zero-order valence-electron chi connectivity index (χ0n) is 20.6. The zero-order chi connectivity index (χ0) is 22.8. The minimum atomic E-state index is 0.431. The average molecular weight is 442 g/mol. The van der Waals surface area contributed by atoms with E-state index in [1.165, 1.54) is 84.9 Å². The molecule has 174 valence electrons. The summed E-state index contributed by atoms with van der Waals surface area (Å²) in [6, 6.07) is 13.7. The Morgan fingerprint density at radius 1 is 0.879 bits per heavy atom. The second kappa shape index (κ2) is 9.93. The molecule has 33 heavy (non-hydrogen) atoms. The average Bonchev–Trinajstić information content (AvgIpc) is 2.89. The van der Waals surface area contributed by atoms with Crippen molar-refractivity contribution in [3.63, 3.8) is 0 Å². The first-order valence-electron chi connectivity index (χ1n) is 13.2. The number of likely N-dealkylation sites (tertiary alicyclic amines) is 1. The molecule has 3 heteroatoms. The van der Waals surface area contributed by atoms with Gasteiger partial charge in [-0.3, -0.25) is 14.9 Å². The fraction of sp³-hybridized carbons (Fsp3) is 0.533. The normalized spacial score (nSPS) is 23.6. The molecule has 0 N–H and O–H groups in total. The highest BCUT2D eigenvalue weighted by atomic mass is 15.2. The minimum absolute atomic E-state index is 0.431. The molecular weight excluding hydrogens is 402 g/mol. The van der Waals surface area contributed by atoms with Crippen LogP contribution in [0.15, 0.2) is 48.8 Å². The van der Waals surface area contributed by atoms with E-state index < -0.39 is 0 Å². The number of pyridine rings is 2. The first-order chi connectivity index (χ1) is 16.2. The molecule has 1 aliphatic carbocycles. The van der Waals surface area contributed by atoms with Crippen LogP contribution in [0.5, 0.6) is 0 Å². The molecule has 2 fully saturated rings. The SMILES string of the molecule is CCc1cccnc1C(C)N1CCC(C2CCC(c3ccc(C)c4cccnc34)CC2)CC1. The molecule has 0 radical (unpaired) electrons. The summed E-state index contributed by atoms with van der Waals surface area (Å²) < 4.78 is 0. The van der Waals surface area contributed by atoms with Gasteiger partial charge in [0.05, 0.1) is 11.2 Å². The van der Waals surface area contributed by atoms with Crippen LogP contribution in [0.25, 0.3) is 10.9 Å². The van der Waals surface area contributed by atoms with Crippen LogP contribution < -0.4 is 0 Å². The van der Waals surface area contributed by atoms with Gasteiger partial charge in [0.25, 0.3) is 0 Å². The molecule has 3 nitrogen and oxygen atoms in total. The lowest BCUT2D eigenvalue weighted by molar-refractivity contribution is 0.0962. The number of benzene rings is 1. The Morgan fingerprint density at radius 2 is 1.58 bits per heavy atom. The number of nitrogens with zero attached hydrogens (tertiary/aromatic N) is 3. The molecule has 1 atom stereocenters. The van der Waals surface area contributed by atoms with E-state index >= 15 is 0 Å². The summed E-state index contributed by atoms with van der Waals surface area (Å²) in [7, 11) is 0. The second-order valence-corrected chi connectivity index (χ2v) is 10.4. The molecule has 5 rings (SSSR count). The van der Waals surface area contributed by atoms with Crippen LogP contribution >= 0.6 is 0 Å². The summed E-state index contributed by atoms with van der Waals surface area (Å²) in [6.07, 6.45) is 13.1. The van der Waals surface area contributed by atoms with Crippen molar-refractivity contribution in [1.29, 1.82) is 0 Å². The van der Waals surface area contributed by atoms with E-state index in [0.717, 1.165) is 18.3 Å². The van der Waals surface area contributed by atoms with Crippen molar-refractivity contribution in [1.82, 2.24) is 14.9 Å². The van der Waals surface area contributed by atoms with Gasteiger partial charge >= 0.3 is 0 Å². The standard InChI is InChI=1S/C30H39N3/c1-4-23-7-5-17-31-29(23)22(3)33-19-15-25(16-20-33)24-10-12-26(13-11-24)28-14-9-21(2)27-8-6-18-32-30(27)28/h5-9,14,17-18,22,24-26H,4,10-13,15-16,19-20H2,1-3H3. The van der Waals surface area contributed by atoms with E-state index in [9.17, 15) is 0 Å². The van der Waals surface area contributed by atoms with E-state index in [4.69, 9.17) is 9.97 Å². The molecule has 1 saturated carbocycles. The highest BCUT2D eigenvalue weighted by molar-refractivity contribution is 5.85. The van der Waals surface area contributed by atoms with Crippen molar-refractivity contribution in [2.75, 3.05) is 13.1 Å². The van der Waals surface area contributed by atoms with Gasteiger partial charge < -0.3 is 0 Å². The number of hydrogen-bond acceptors (Lipinski definition) is 3. The zero-order valence-corrected chi connectivity index (χ0v) is 20.6. The number of aromatic nitrogens is 2. The van der Waals surface area contributed by atoms with E-state index in [-0.39, 0.29) is 0 Å². The van der Waals surface area contributed by atoms with Gasteiger partial charge in [-0.15, -0.1) is 0 Å². The van der Waals surface area contributed by atoms with Gasteiger partial charge in [0, 0.05) is 23.8 Å². The summed E-state index contributed by atoms with van der Waals surface area (Å²) in [5, 5.41) is 1.33. The van der Waals surface area contributed by atoms with Gasteiger partial charge in [-0.1, -0.05) is 31.2 Å². The molecule has 2 aliphatic rings. The van der Waals surface area contributed by atoms with Crippen LogP contribution in [-0.2, 0) is 6.42 Å². The highest BCUT2D eigenvalue weighted by Gasteiger charge is 2.33. The smallest absolute Gasteiger partial charge is 0.0739 e. The maximum Gasteiger partial charge on any atom is 0.0739 e. The van der Waals surface area contributed by atoms with Crippen molar-refractivity contribution in [3.05, 3.63) is 71.2 Å². The third kappa shape index (κ3) is 4.57. The molecule has 1 unspecified atom stereocenters. The molecule has 3 aromatic rings. The molecule has 0 spiro atoms. The summed E-state index contributed by atoms with van der Waals surface area (Å²) in [5.74, 6) is 2.48. The number of piperidine rings is 1. The van der Waals surface area contributed by atoms with Crippen LogP contribution in [0.1, 0.15) is 86.7 Å². The summed E-state index contributed by atoms with van der Waals surface area (Å²) >= 11 is 0. The van der Waals surface area contributed by atoms with Crippen LogP contribution in [-0.4, -0.2) is 28.0 Å². The topological polar surface area (TPSA) is 29.0 Å². The minimum Gasteiger partial charge on any atom is -0.295 e. The van der Waals surface area contributed by atoms with Crippen molar-refractivity contribution in [3.8, 4) is 0 Å². The van der Waals surface area contributed by atoms with E-state index in [0.29, 0.717) is 12.0 Å². The molecule has 0 amide bonds. The first-order valence-corrected chi connectivity index (χ1v) is 13.2. The van der Waals surface area contributed by atoms with Crippen LogP contribution in [0.4, 0.5) is 0 Å². The lowest BCUT2D eigenvalue weighted by Gasteiger charge is -2.41. The van der Waals surface area contributed by atoms with Crippen molar-refractivity contribution >= 4 is 10.9 Å². The van der Waals surface area contributed by atoms with Crippen molar-refractivity contribution in [2.45, 2.75) is 77.7 Å². The molecule has 1 aliphatic heterocycles. The maximum absolute atomic E-state index is 4.78. The van der Waals surface area contributed by atoms with E-state index in [2.05, 4.69) is 62.1 Å². The van der Waals surface area contributed by atoms with Crippen LogP contribution in [0.3, 0.4) is 0 Å². The summed E-state index contributed by atoms with van der Waals surface area (Å²) in [6.45, 7) is 9.24. The molecule has 3 heterocycles. The van der Waals surface area contributed by atoms with Crippen molar-refractivity contribution in [2.24, 2.45) is 11.8 Å². The number of hydrogen-bond donors (Lipinski definition) is 0. The number of rotatable bonds is 5. The lowest BCUT2D eigenvalue weighted by Crippen LogP contribution is -2.38. The van der Waals surface area contributed by atoms with Gasteiger partial charge in [-0.25, -0.2) is 0 Å². The molecule has 0 bridgehead atoms. The third-order valence-electron chi connectivity index (χ3n) is 8.72. The quantitative estimate of drug-likeness (QED) is 0.417. The fourth-order valence-corrected chi connectivity index (χ4v) is 6.65. The Bertz CT molecular complexity index is 1070. The summed E-state index contributed by atoms with van der Waals surface area (Å²) in [5.41, 5.74) is 6.76. The Balaban J connectivity index is 1.18. The first kappa shape index (κ1) is 22.5. The Hall–Kier alpha value is -2.26. The van der Waals surface area contributed by atoms with Crippen LogP contribution in [0.2, 0.25) is 0 Å². The lowest BCUT2D eigenvalue weighted by atomic mass is 9.71. The predicted molar refractivity (Wildman–Crippen MR) is 138 cm³/mol. The third-order valence-corrected chi connectivity index (χ3v) is 8.72. The van der Waals surface area contributed by atoms with Gasteiger partial charge in [-0.2, -0.15) is 0 Å². The van der Waals surface area contributed by atoms with Gasteiger partial charge in [0.15, 0.2) is 0 Å². The molecular formula is C30H39N3. The van der Waals surface area contributed by atoms with Crippen molar-refractivity contribution < 1.29 is 0 Å². The van der Waals surface area contributed by atoms with E-state index in [1.54, 1.807) is 0 Å². The van der Waals surface area contributed by atoms with Gasteiger partial charge in [0.2, 0.25) is 0 Å². The second-order valence-electron chi connectivity index (χ2n) is 10.4. The van der Waals surface area contributed by atoms with Gasteiger partial charge in [0.1, 0.15) is 0 Å². The Labute approximate surface area is 199 Å². The Morgan fingerprint density at radius 3 is 2.33 bits per heavy atom.